The molecule has 0 aliphatic carbocycles. The van der Waals surface area contributed by atoms with E-state index in [0.29, 0.717) is 0 Å². The Kier molecular flexibility index (Phi) is 4.24. The second-order valence-electron chi connectivity index (χ2n) is 4.17. The maximum Gasteiger partial charge on any atom is 0.350 e. The minimum absolute atomic E-state index is 0.0905. The molecule has 18 heavy (non-hydrogen) atoms. The van der Waals surface area contributed by atoms with Crippen molar-refractivity contribution >= 4 is 11.7 Å². The van der Waals surface area contributed by atoms with E-state index in [1.165, 1.54) is 10.9 Å². The first-order valence-corrected chi connectivity index (χ1v) is 5.43. The van der Waals surface area contributed by atoms with Gasteiger partial charge in [-0.2, -0.15) is 0 Å². The number of carboxylic acid groups (broad SMARTS) is 1. The third-order valence-electron chi connectivity index (χ3n) is 2.15. The molecule has 0 saturated carbocycles. The summed E-state index contributed by atoms with van der Waals surface area (Å²) in [6.45, 7) is 5.07. The van der Waals surface area contributed by atoms with Crippen molar-refractivity contribution in [3.63, 3.8) is 0 Å². The number of carboxylic acids is 1. The summed E-state index contributed by atoms with van der Waals surface area (Å²) in [5.74, 6) is -1.08. The summed E-state index contributed by atoms with van der Waals surface area (Å²) in [6, 6.07) is -0.481. The lowest BCUT2D eigenvalue weighted by molar-refractivity contribution is -0.386. The minimum Gasteiger partial charge on any atom is -0.481 e. The number of nitrogens with zero attached hydrogens (tertiary/aromatic N) is 3. The zero-order valence-corrected chi connectivity index (χ0v) is 10.4. The van der Waals surface area contributed by atoms with E-state index in [1.54, 1.807) is 20.8 Å². The molecule has 0 amide bonds. The summed E-state index contributed by atoms with van der Waals surface area (Å²) in [6.07, 6.45) is 0.771. The maximum absolute atomic E-state index is 10.8. The lowest BCUT2D eigenvalue weighted by atomic mass is 10.2. The van der Waals surface area contributed by atoms with Gasteiger partial charge in [0.1, 0.15) is 6.20 Å². The largest absolute Gasteiger partial charge is 0.481 e. The zero-order chi connectivity index (χ0) is 13.9. The molecular weight excluding hydrogens is 242 g/mol. The molecule has 0 aliphatic heterocycles. The van der Waals surface area contributed by atoms with Crippen LogP contribution in [0.2, 0.25) is 0 Å². The highest BCUT2D eigenvalue weighted by Crippen LogP contribution is 2.27. The van der Waals surface area contributed by atoms with Gasteiger partial charge in [-0.3, -0.25) is 19.6 Å². The molecule has 1 aromatic heterocycles. The van der Waals surface area contributed by atoms with Crippen molar-refractivity contribution in [3.8, 4) is 5.88 Å². The molecule has 0 bridgehead atoms. The van der Waals surface area contributed by atoms with E-state index < -0.39 is 16.9 Å². The van der Waals surface area contributed by atoms with Crippen molar-refractivity contribution in [2.24, 2.45) is 0 Å². The molecule has 1 heterocycles. The Morgan fingerprint density at radius 3 is 2.67 bits per heavy atom. The summed E-state index contributed by atoms with van der Waals surface area (Å²) < 4.78 is 6.46. The molecule has 0 spiro atoms. The Labute approximate surface area is 103 Å². The Bertz CT molecular complexity index is 454. The van der Waals surface area contributed by atoms with Crippen LogP contribution >= 0.6 is 0 Å². The fourth-order valence-electron chi connectivity index (χ4n) is 1.37. The average Bonchev–Trinajstić information content (AvgIpc) is 2.59. The van der Waals surface area contributed by atoms with E-state index in [1.807, 2.05) is 0 Å². The van der Waals surface area contributed by atoms with Crippen LogP contribution in [0.25, 0.3) is 0 Å². The molecule has 0 saturated heterocycles. The van der Waals surface area contributed by atoms with Crippen molar-refractivity contribution < 1.29 is 19.6 Å². The van der Waals surface area contributed by atoms with Crippen molar-refractivity contribution in [1.29, 1.82) is 0 Å². The van der Waals surface area contributed by atoms with E-state index in [9.17, 15) is 14.9 Å². The molecule has 1 rings (SSSR count). The highest BCUT2D eigenvalue weighted by atomic mass is 16.6. The first-order chi connectivity index (χ1) is 8.31. The van der Waals surface area contributed by atoms with Crippen LogP contribution in [-0.2, 0) is 4.79 Å². The van der Waals surface area contributed by atoms with Gasteiger partial charge in [0, 0.05) is 0 Å². The predicted molar refractivity (Wildman–Crippen MR) is 61.6 cm³/mol. The van der Waals surface area contributed by atoms with Crippen molar-refractivity contribution in [3.05, 3.63) is 16.3 Å². The second-order valence-corrected chi connectivity index (χ2v) is 4.17. The molecule has 0 radical (unpaired) electrons. The molecule has 1 aromatic rings. The smallest absolute Gasteiger partial charge is 0.350 e. The van der Waals surface area contributed by atoms with Crippen LogP contribution in [0, 0.1) is 10.1 Å². The normalized spacial score (nSPS) is 12.4. The number of ether oxygens (including phenoxy) is 1. The van der Waals surface area contributed by atoms with Gasteiger partial charge in [0.25, 0.3) is 0 Å². The number of hydrogen-bond acceptors (Lipinski definition) is 5. The summed E-state index contributed by atoms with van der Waals surface area (Å²) in [5.41, 5.74) is -0.263. The molecule has 0 aliphatic rings. The topological polar surface area (TPSA) is 107 Å². The second kappa shape index (κ2) is 5.48. The van der Waals surface area contributed by atoms with Crippen molar-refractivity contribution in [2.75, 3.05) is 0 Å². The molecular formula is C10H15N3O5. The highest BCUT2D eigenvalue weighted by Gasteiger charge is 2.24. The molecule has 1 atom stereocenters. The Morgan fingerprint density at radius 1 is 1.61 bits per heavy atom. The number of aliphatic carboxylic acids is 1. The Balaban J connectivity index is 3.01. The molecule has 0 unspecified atom stereocenters. The predicted octanol–water partition coefficient (Wildman–Crippen LogP) is 1.61. The number of hydrogen-bond donors (Lipinski definition) is 1. The number of rotatable bonds is 6. The molecule has 0 aromatic carbocycles. The zero-order valence-electron chi connectivity index (χ0n) is 10.4. The number of nitro groups is 1. The minimum atomic E-state index is -0.994. The summed E-state index contributed by atoms with van der Waals surface area (Å²) >= 11 is 0. The number of carbonyl (C=O) groups is 1. The monoisotopic (exact) mass is 257 g/mol. The maximum atomic E-state index is 10.8. The first-order valence-electron chi connectivity index (χ1n) is 5.43. The van der Waals surface area contributed by atoms with E-state index in [2.05, 4.69) is 5.10 Å². The molecule has 1 N–H and O–H groups in total. The van der Waals surface area contributed by atoms with Gasteiger partial charge in [0.2, 0.25) is 0 Å². The number of aromatic nitrogens is 2. The van der Waals surface area contributed by atoms with Gasteiger partial charge in [-0.25, -0.2) is 0 Å². The fourth-order valence-corrected chi connectivity index (χ4v) is 1.37. The van der Waals surface area contributed by atoms with Gasteiger partial charge in [-0.1, -0.05) is 0 Å². The van der Waals surface area contributed by atoms with Crippen LogP contribution in [0.1, 0.15) is 33.2 Å². The third kappa shape index (κ3) is 3.44. The van der Waals surface area contributed by atoms with Gasteiger partial charge >= 0.3 is 17.5 Å². The Hall–Kier alpha value is -2.12. The highest BCUT2D eigenvalue weighted by molar-refractivity contribution is 5.67. The lowest BCUT2D eigenvalue weighted by Crippen LogP contribution is -2.12. The molecule has 100 valence electrons. The quantitative estimate of drug-likeness (QED) is 0.612. The van der Waals surface area contributed by atoms with Gasteiger partial charge in [0.05, 0.1) is 23.5 Å². The SMILES string of the molecule is CC(C)Oc1nn([C@H](C)CC(=O)O)cc1[N+](=O)[O-]. The lowest BCUT2D eigenvalue weighted by Gasteiger charge is -2.08. The van der Waals surface area contributed by atoms with Crippen molar-refractivity contribution in [2.45, 2.75) is 39.3 Å². The van der Waals surface area contributed by atoms with E-state index >= 15 is 0 Å². The summed E-state index contributed by atoms with van der Waals surface area (Å²) in [7, 11) is 0. The van der Waals surface area contributed by atoms with Gasteiger partial charge in [0.15, 0.2) is 0 Å². The van der Waals surface area contributed by atoms with Crippen LogP contribution in [0.5, 0.6) is 5.88 Å². The van der Waals surface area contributed by atoms with Crippen LogP contribution in [-0.4, -0.2) is 31.9 Å². The fraction of sp³-hybridized carbons (Fsp3) is 0.600. The summed E-state index contributed by atoms with van der Waals surface area (Å²) in [4.78, 5) is 20.8. The van der Waals surface area contributed by atoms with Gasteiger partial charge in [-0.15, -0.1) is 5.10 Å². The van der Waals surface area contributed by atoms with Crippen LogP contribution in [0.15, 0.2) is 6.20 Å². The standard InChI is InChI=1S/C10H15N3O5/c1-6(2)18-10-8(13(16)17)5-12(11-10)7(3)4-9(14)15/h5-7H,4H2,1-3H3,(H,14,15)/t7-/m1/s1. The summed E-state index contributed by atoms with van der Waals surface area (Å²) in [5, 5.41) is 23.4. The Morgan fingerprint density at radius 2 is 2.22 bits per heavy atom. The van der Waals surface area contributed by atoms with Gasteiger partial charge in [-0.05, 0) is 20.8 Å². The molecule has 8 heteroatoms. The van der Waals surface area contributed by atoms with Gasteiger partial charge < -0.3 is 9.84 Å². The van der Waals surface area contributed by atoms with E-state index in [-0.39, 0.29) is 24.1 Å². The first kappa shape index (κ1) is 13.9. The average molecular weight is 257 g/mol. The van der Waals surface area contributed by atoms with Crippen LogP contribution in [0.4, 0.5) is 5.69 Å². The molecule has 8 nitrogen and oxygen atoms in total. The molecule has 0 fully saturated rings. The van der Waals surface area contributed by atoms with E-state index in [0.717, 1.165) is 0 Å². The van der Waals surface area contributed by atoms with Crippen LogP contribution < -0.4 is 4.74 Å². The van der Waals surface area contributed by atoms with Crippen LogP contribution in [0.3, 0.4) is 0 Å². The van der Waals surface area contributed by atoms with E-state index in [4.69, 9.17) is 9.84 Å². The third-order valence-corrected chi connectivity index (χ3v) is 2.15. The van der Waals surface area contributed by atoms with Crippen molar-refractivity contribution in [1.82, 2.24) is 9.78 Å².